The second-order valence-corrected chi connectivity index (χ2v) is 10.2. The Kier molecular flexibility index (Phi) is 6.78. The summed E-state index contributed by atoms with van der Waals surface area (Å²) in [5.41, 5.74) is 2.08. The van der Waals surface area contributed by atoms with Crippen molar-refractivity contribution < 1.29 is 19.1 Å². The molecular formula is C23H28IN5O4. The van der Waals surface area contributed by atoms with Crippen molar-refractivity contribution >= 4 is 62.1 Å². The molecule has 0 spiro atoms. The van der Waals surface area contributed by atoms with E-state index in [9.17, 15) is 9.59 Å². The molecule has 0 saturated carbocycles. The number of H-pyrrole nitrogens is 1. The number of carbonyl (C=O) groups excluding carboxylic acids is 2. The first-order valence-electron chi connectivity index (χ1n) is 10.7. The van der Waals surface area contributed by atoms with Gasteiger partial charge in [0.05, 0.1) is 42.2 Å². The summed E-state index contributed by atoms with van der Waals surface area (Å²) in [5, 5.41) is 7.97. The van der Waals surface area contributed by atoms with Gasteiger partial charge in [0.15, 0.2) is 0 Å². The molecule has 176 valence electrons. The highest BCUT2D eigenvalue weighted by molar-refractivity contribution is 14.1. The SMILES string of the molecule is COC(=O)N[C@@H](C)CN1CC(C)(C)OC[C@H]1C(=O)Nc1cc(I)cc2c1[nH]c1cnccc12. The van der Waals surface area contributed by atoms with Crippen LogP contribution in [0.3, 0.4) is 0 Å². The average Bonchev–Trinajstić information content (AvgIpc) is 3.11. The summed E-state index contributed by atoms with van der Waals surface area (Å²) in [7, 11) is 1.33. The molecule has 3 N–H and O–H groups in total. The van der Waals surface area contributed by atoms with E-state index in [4.69, 9.17) is 9.47 Å². The number of benzene rings is 1. The van der Waals surface area contributed by atoms with Gasteiger partial charge < -0.3 is 25.1 Å². The molecule has 0 radical (unpaired) electrons. The highest BCUT2D eigenvalue weighted by Gasteiger charge is 2.38. The molecule has 9 nitrogen and oxygen atoms in total. The number of amides is 2. The number of rotatable bonds is 5. The van der Waals surface area contributed by atoms with Crippen molar-refractivity contribution in [2.24, 2.45) is 0 Å². The van der Waals surface area contributed by atoms with Gasteiger partial charge in [-0.15, -0.1) is 0 Å². The van der Waals surface area contributed by atoms with Crippen molar-refractivity contribution in [3.63, 3.8) is 0 Å². The van der Waals surface area contributed by atoms with Gasteiger partial charge in [-0.3, -0.25) is 14.7 Å². The summed E-state index contributed by atoms with van der Waals surface area (Å²) >= 11 is 2.26. The molecule has 4 rings (SSSR count). The molecular weight excluding hydrogens is 537 g/mol. The first-order valence-corrected chi connectivity index (χ1v) is 11.8. The Bertz CT molecular complexity index is 1190. The number of carbonyl (C=O) groups is 2. The fourth-order valence-electron chi connectivity index (χ4n) is 4.28. The van der Waals surface area contributed by atoms with Crippen molar-refractivity contribution in [2.75, 3.05) is 32.1 Å². The van der Waals surface area contributed by atoms with Crippen LogP contribution in [0.5, 0.6) is 0 Å². The predicted molar refractivity (Wildman–Crippen MR) is 135 cm³/mol. The Balaban J connectivity index is 1.59. The largest absolute Gasteiger partial charge is 0.453 e. The Morgan fingerprint density at radius 1 is 1.39 bits per heavy atom. The molecule has 2 atom stereocenters. The standard InChI is InChI=1S/C23H28IN5O4/c1-13(26-22(31)32-4)10-29-12-23(2,3)33-11-19(29)21(30)28-17-8-14(24)7-16-15-5-6-25-9-18(15)27-20(16)17/h5-9,13,19,27H,10-12H2,1-4H3,(H,26,31)(H,28,30)/t13-,19-/m0/s1. The first-order chi connectivity index (χ1) is 15.7. The van der Waals surface area contributed by atoms with Crippen LogP contribution in [-0.2, 0) is 14.3 Å². The number of pyridine rings is 1. The third-order valence-electron chi connectivity index (χ3n) is 5.75. The van der Waals surface area contributed by atoms with Gasteiger partial charge in [-0.05, 0) is 61.6 Å². The van der Waals surface area contributed by atoms with Crippen LogP contribution in [-0.4, -0.2) is 71.4 Å². The number of hydrogen-bond acceptors (Lipinski definition) is 6. The summed E-state index contributed by atoms with van der Waals surface area (Å²) in [5.74, 6) is -0.157. The van der Waals surface area contributed by atoms with Crippen LogP contribution < -0.4 is 10.6 Å². The Morgan fingerprint density at radius 2 is 2.18 bits per heavy atom. The average molecular weight is 565 g/mol. The van der Waals surface area contributed by atoms with Crippen molar-refractivity contribution in [1.29, 1.82) is 0 Å². The summed E-state index contributed by atoms with van der Waals surface area (Å²) in [6, 6.07) is 5.29. The lowest BCUT2D eigenvalue weighted by atomic mass is 10.0. The second kappa shape index (κ2) is 9.43. The van der Waals surface area contributed by atoms with E-state index >= 15 is 0 Å². The molecule has 2 amide bonds. The number of morpholine rings is 1. The van der Waals surface area contributed by atoms with Crippen LogP contribution in [0.2, 0.25) is 0 Å². The van der Waals surface area contributed by atoms with Crippen LogP contribution in [0.15, 0.2) is 30.6 Å². The van der Waals surface area contributed by atoms with Crippen molar-refractivity contribution in [3.8, 4) is 0 Å². The van der Waals surface area contributed by atoms with E-state index in [2.05, 4.69) is 54.2 Å². The van der Waals surface area contributed by atoms with Crippen LogP contribution in [0.25, 0.3) is 21.8 Å². The lowest BCUT2D eigenvalue weighted by molar-refractivity contribution is -0.143. The number of fused-ring (bicyclic) bond motifs is 3. The van der Waals surface area contributed by atoms with Gasteiger partial charge in [0.2, 0.25) is 5.91 Å². The van der Waals surface area contributed by atoms with Gasteiger partial charge in [0.25, 0.3) is 0 Å². The summed E-state index contributed by atoms with van der Waals surface area (Å²) in [6.07, 6.45) is 3.05. The minimum Gasteiger partial charge on any atom is -0.453 e. The highest BCUT2D eigenvalue weighted by atomic mass is 127. The molecule has 1 saturated heterocycles. The van der Waals surface area contributed by atoms with Crippen molar-refractivity contribution in [3.05, 3.63) is 34.2 Å². The van der Waals surface area contributed by atoms with Crippen molar-refractivity contribution in [1.82, 2.24) is 20.2 Å². The molecule has 1 fully saturated rings. The highest BCUT2D eigenvalue weighted by Crippen LogP contribution is 2.32. The molecule has 1 aliphatic rings. The summed E-state index contributed by atoms with van der Waals surface area (Å²) in [4.78, 5) is 34.7. The zero-order valence-corrected chi connectivity index (χ0v) is 21.2. The molecule has 2 aromatic heterocycles. The number of ether oxygens (including phenoxy) is 2. The maximum absolute atomic E-state index is 13.4. The van der Waals surface area contributed by atoms with E-state index in [0.29, 0.717) is 18.8 Å². The number of hydrogen-bond donors (Lipinski definition) is 3. The number of aromatic amines is 1. The Hall–Kier alpha value is -2.44. The molecule has 3 aromatic rings. The minimum atomic E-state index is -0.501. The number of methoxy groups -OCH3 is 1. The first kappa shape index (κ1) is 23.7. The van der Waals surface area contributed by atoms with E-state index in [0.717, 1.165) is 25.4 Å². The van der Waals surface area contributed by atoms with Crippen LogP contribution in [0.1, 0.15) is 20.8 Å². The quantitative estimate of drug-likeness (QED) is 0.409. The number of nitrogens with one attached hydrogen (secondary N) is 3. The Labute approximate surface area is 205 Å². The minimum absolute atomic E-state index is 0.157. The second-order valence-electron chi connectivity index (χ2n) is 8.96. The number of alkyl carbamates (subject to hydrolysis) is 1. The van der Waals surface area contributed by atoms with Gasteiger partial charge in [-0.1, -0.05) is 0 Å². The number of halogens is 1. The third-order valence-corrected chi connectivity index (χ3v) is 6.37. The molecule has 0 unspecified atom stereocenters. The molecule has 1 aliphatic heterocycles. The van der Waals surface area contributed by atoms with Crippen LogP contribution >= 0.6 is 22.6 Å². The normalized spacial score (nSPS) is 19.4. The van der Waals surface area contributed by atoms with Gasteiger partial charge in [-0.2, -0.15) is 0 Å². The maximum Gasteiger partial charge on any atom is 0.407 e. The molecule has 0 aliphatic carbocycles. The van der Waals surface area contributed by atoms with Gasteiger partial charge in [-0.25, -0.2) is 4.79 Å². The van der Waals surface area contributed by atoms with Gasteiger partial charge in [0.1, 0.15) is 6.04 Å². The van der Waals surface area contributed by atoms with Gasteiger partial charge in [0, 0.05) is 39.7 Å². The van der Waals surface area contributed by atoms with Gasteiger partial charge >= 0.3 is 6.09 Å². The third kappa shape index (κ3) is 5.22. The van der Waals surface area contributed by atoms with E-state index in [-0.39, 0.29) is 18.6 Å². The summed E-state index contributed by atoms with van der Waals surface area (Å²) in [6.45, 7) is 7.17. The molecule has 1 aromatic carbocycles. The number of anilines is 1. The predicted octanol–water partition coefficient (Wildman–Crippen LogP) is 3.48. The number of aromatic nitrogens is 2. The van der Waals surface area contributed by atoms with E-state index in [1.54, 1.807) is 12.4 Å². The molecule has 33 heavy (non-hydrogen) atoms. The summed E-state index contributed by atoms with van der Waals surface area (Å²) < 4.78 is 11.7. The Morgan fingerprint density at radius 3 is 2.94 bits per heavy atom. The maximum atomic E-state index is 13.4. The lowest BCUT2D eigenvalue weighted by Gasteiger charge is -2.43. The number of nitrogens with zero attached hydrogens (tertiary/aromatic N) is 2. The zero-order valence-electron chi connectivity index (χ0n) is 19.1. The van der Waals surface area contributed by atoms with Crippen LogP contribution in [0.4, 0.5) is 10.5 Å². The monoisotopic (exact) mass is 565 g/mol. The van der Waals surface area contributed by atoms with E-state index < -0.39 is 17.7 Å². The molecule has 3 heterocycles. The molecule has 10 heteroatoms. The van der Waals surface area contributed by atoms with Crippen molar-refractivity contribution in [2.45, 2.75) is 38.5 Å². The fraction of sp³-hybridized carbons (Fsp3) is 0.435. The smallest absolute Gasteiger partial charge is 0.407 e. The van der Waals surface area contributed by atoms with E-state index in [1.807, 2.05) is 32.9 Å². The fourth-order valence-corrected chi connectivity index (χ4v) is 4.90. The zero-order chi connectivity index (χ0) is 23.8. The lowest BCUT2D eigenvalue weighted by Crippen LogP contribution is -2.60. The van der Waals surface area contributed by atoms with Crippen LogP contribution in [0, 0.1) is 3.57 Å². The topological polar surface area (TPSA) is 109 Å². The van der Waals surface area contributed by atoms with E-state index in [1.165, 1.54) is 7.11 Å². The molecule has 0 bridgehead atoms.